The van der Waals surface area contributed by atoms with E-state index in [1.807, 2.05) is 6.92 Å². The first-order valence-electron chi connectivity index (χ1n) is 8.30. The number of nitrogens with zero attached hydrogens (tertiary/aromatic N) is 2. The summed E-state index contributed by atoms with van der Waals surface area (Å²) >= 11 is 0. The zero-order valence-electron chi connectivity index (χ0n) is 14.8. The van der Waals surface area contributed by atoms with Gasteiger partial charge in [-0.1, -0.05) is 20.8 Å². The Balaban J connectivity index is 1.82. The van der Waals surface area contributed by atoms with E-state index in [1.165, 1.54) is 0 Å². The Labute approximate surface area is 135 Å². The number of aromatic nitrogens is 2. The fraction of sp³-hybridized carbons (Fsp3) is 0.765. The molecule has 0 aromatic carbocycles. The number of ether oxygens (including phenoxy) is 1. The average Bonchev–Trinajstić information content (AvgIpc) is 2.42. The molecule has 0 N–H and O–H groups in total. The normalized spacial score (nSPS) is 23.4. The highest BCUT2D eigenvalue weighted by Crippen LogP contribution is 2.39. The lowest BCUT2D eigenvalue weighted by Gasteiger charge is -2.41. The van der Waals surface area contributed by atoms with Crippen LogP contribution in [-0.4, -0.2) is 30.5 Å². The van der Waals surface area contributed by atoms with Crippen LogP contribution in [0.5, 0.6) is 6.01 Å². The van der Waals surface area contributed by atoms with Crippen LogP contribution in [0.15, 0.2) is 12.4 Å². The number of rotatable bonds is 4. The van der Waals surface area contributed by atoms with Crippen molar-refractivity contribution in [3.8, 4) is 6.01 Å². The van der Waals surface area contributed by atoms with Gasteiger partial charge in [-0.2, -0.15) is 0 Å². The molecule has 1 heterocycles. The molecule has 0 saturated heterocycles. The van der Waals surface area contributed by atoms with Crippen LogP contribution >= 0.6 is 0 Å². The first kappa shape index (κ1) is 17.4. The minimum Gasteiger partial charge on any atom is -0.460 e. The summed E-state index contributed by atoms with van der Waals surface area (Å²) in [5.74, 6) is 0. The molecule has 1 aromatic rings. The van der Waals surface area contributed by atoms with Crippen LogP contribution in [0.1, 0.15) is 52.0 Å². The average molecular weight is 323 g/mol. The molecule has 1 fully saturated rings. The Kier molecular flexibility index (Phi) is 5.28. The highest BCUT2D eigenvalue weighted by Gasteiger charge is 2.40. The molecule has 0 spiro atoms. The van der Waals surface area contributed by atoms with Crippen LogP contribution in [0.25, 0.3) is 0 Å². The molecule has 1 aliphatic rings. The quantitative estimate of drug-likeness (QED) is 0.766. The van der Waals surface area contributed by atoms with Crippen molar-refractivity contribution in [1.82, 2.24) is 9.97 Å². The smallest absolute Gasteiger partial charge is 0.316 e. The molecule has 1 aromatic heterocycles. The Morgan fingerprint density at radius 2 is 1.50 bits per heavy atom. The van der Waals surface area contributed by atoms with Gasteiger partial charge >= 0.3 is 6.01 Å². The molecule has 4 nitrogen and oxygen atoms in total. The zero-order valence-corrected chi connectivity index (χ0v) is 15.8. The Morgan fingerprint density at radius 1 is 1.00 bits per heavy atom. The van der Waals surface area contributed by atoms with Gasteiger partial charge in [0, 0.05) is 18.5 Å². The van der Waals surface area contributed by atoms with Crippen molar-refractivity contribution in [3.63, 3.8) is 0 Å². The first-order chi connectivity index (χ1) is 10.2. The van der Waals surface area contributed by atoms with Crippen molar-refractivity contribution in [2.75, 3.05) is 0 Å². The van der Waals surface area contributed by atoms with Gasteiger partial charge in [-0.15, -0.1) is 0 Å². The maximum Gasteiger partial charge on any atom is 0.316 e. The summed E-state index contributed by atoms with van der Waals surface area (Å²) < 4.78 is 12.4. The Bertz CT molecular complexity index is 474. The molecule has 1 saturated carbocycles. The lowest BCUT2D eigenvalue weighted by Crippen LogP contribution is -2.45. The van der Waals surface area contributed by atoms with Crippen LogP contribution in [0, 0.1) is 6.92 Å². The van der Waals surface area contributed by atoms with Crippen molar-refractivity contribution in [2.45, 2.75) is 83.7 Å². The van der Waals surface area contributed by atoms with Gasteiger partial charge < -0.3 is 9.16 Å². The molecule has 124 valence electrons. The highest BCUT2D eigenvalue weighted by molar-refractivity contribution is 6.74. The molecule has 0 atom stereocenters. The van der Waals surface area contributed by atoms with Crippen molar-refractivity contribution in [1.29, 1.82) is 0 Å². The maximum absolute atomic E-state index is 6.51. The topological polar surface area (TPSA) is 44.2 Å². The third-order valence-corrected chi connectivity index (χ3v) is 9.45. The van der Waals surface area contributed by atoms with Gasteiger partial charge in [0.2, 0.25) is 0 Å². The molecule has 2 rings (SSSR count). The van der Waals surface area contributed by atoms with E-state index in [2.05, 4.69) is 43.8 Å². The van der Waals surface area contributed by atoms with Crippen molar-refractivity contribution < 1.29 is 9.16 Å². The summed E-state index contributed by atoms with van der Waals surface area (Å²) in [6.07, 6.45) is 8.41. The molecule has 0 unspecified atom stereocenters. The van der Waals surface area contributed by atoms with E-state index in [9.17, 15) is 0 Å². The van der Waals surface area contributed by atoms with Gasteiger partial charge in [0.25, 0.3) is 0 Å². The van der Waals surface area contributed by atoms with Gasteiger partial charge in [0.05, 0.1) is 0 Å². The van der Waals surface area contributed by atoms with E-state index < -0.39 is 8.32 Å². The number of aryl methyl sites for hydroxylation is 1. The van der Waals surface area contributed by atoms with Crippen LogP contribution < -0.4 is 4.74 Å². The standard InChI is InChI=1S/C17H30N2O2Si/c1-13-11-18-16(19-12-13)20-14-7-9-15(10-8-14)21-22(5,6)17(2,3)4/h11-12,14-15H,7-10H2,1-6H3. The molecule has 0 amide bonds. The third-order valence-electron chi connectivity index (χ3n) is 4.92. The van der Waals surface area contributed by atoms with Crippen LogP contribution in [0.2, 0.25) is 18.1 Å². The van der Waals surface area contributed by atoms with E-state index in [1.54, 1.807) is 12.4 Å². The molecule has 5 heteroatoms. The maximum atomic E-state index is 6.51. The molecule has 22 heavy (non-hydrogen) atoms. The van der Waals surface area contributed by atoms with Crippen LogP contribution in [0.3, 0.4) is 0 Å². The fourth-order valence-electron chi connectivity index (χ4n) is 2.45. The second-order valence-corrected chi connectivity index (χ2v) is 12.7. The largest absolute Gasteiger partial charge is 0.460 e. The molecular formula is C17H30N2O2Si. The number of hydrogen-bond acceptors (Lipinski definition) is 4. The molecule has 1 aliphatic carbocycles. The second-order valence-electron chi connectivity index (χ2n) is 7.94. The van der Waals surface area contributed by atoms with E-state index >= 15 is 0 Å². The molecule has 0 aliphatic heterocycles. The minimum atomic E-state index is -1.66. The Morgan fingerprint density at radius 3 is 2.00 bits per heavy atom. The predicted molar refractivity (Wildman–Crippen MR) is 91.7 cm³/mol. The molecule has 0 bridgehead atoms. The van der Waals surface area contributed by atoms with Crippen LogP contribution in [-0.2, 0) is 4.43 Å². The summed E-state index contributed by atoms with van der Waals surface area (Å²) in [6, 6.07) is 0.499. The summed E-state index contributed by atoms with van der Waals surface area (Å²) in [5.41, 5.74) is 1.05. The Hall–Kier alpha value is -0.943. The van der Waals surface area contributed by atoms with Crippen molar-refractivity contribution in [3.05, 3.63) is 18.0 Å². The number of hydrogen-bond donors (Lipinski definition) is 0. The van der Waals surface area contributed by atoms with Gasteiger partial charge in [-0.25, -0.2) is 9.97 Å². The van der Waals surface area contributed by atoms with E-state index in [0.717, 1.165) is 31.2 Å². The van der Waals surface area contributed by atoms with Crippen molar-refractivity contribution >= 4 is 8.32 Å². The third kappa shape index (κ3) is 4.52. The summed E-state index contributed by atoms with van der Waals surface area (Å²) in [7, 11) is -1.66. The second kappa shape index (κ2) is 6.67. The summed E-state index contributed by atoms with van der Waals surface area (Å²) in [6.45, 7) is 13.5. The minimum absolute atomic E-state index is 0.224. The monoisotopic (exact) mass is 322 g/mol. The lowest BCUT2D eigenvalue weighted by molar-refractivity contribution is 0.0675. The van der Waals surface area contributed by atoms with Gasteiger partial charge in [-0.05, 0) is 56.3 Å². The molecule has 0 radical (unpaired) electrons. The first-order valence-corrected chi connectivity index (χ1v) is 11.2. The van der Waals surface area contributed by atoms with Crippen molar-refractivity contribution in [2.24, 2.45) is 0 Å². The van der Waals surface area contributed by atoms with Crippen LogP contribution in [0.4, 0.5) is 0 Å². The summed E-state index contributed by atoms with van der Waals surface area (Å²) in [4.78, 5) is 8.45. The lowest BCUT2D eigenvalue weighted by atomic mass is 9.95. The fourth-order valence-corrected chi connectivity index (χ4v) is 3.87. The summed E-state index contributed by atoms with van der Waals surface area (Å²) in [5, 5.41) is 0.274. The van der Waals surface area contributed by atoms with E-state index in [4.69, 9.17) is 9.16 Å². The molecular weight excluding hydrogens is 292 g/mol. The van der Waals surface area contributed by atoms with Gasteiger partial charge in [0.1, 0.15) is 6.10 Å². The predicted octanol–water partition coefficient (Wildman–Crippen LogP) is 4.50. The highest BCUT2D eigenvalue weighted by atomic mass is 28.4. The zero-order chi connectivity index (χ0) is 16.4. The van der Waals surface area contributed by atoms with Gasteiger partial charge in [-0.3, -0.25) is 0 Å². The van der Waals surface area contributed by atoms with E-state index in [0.29, 0.717) is 12.1 Å². The SMILES string of the molecule is Cc1cnc(OC2CCC(O[Si](C)(C)C(C)(C)C)CC2)nc1. The van der Waals surface area contributed by atoms with Gasteiger partial charge in [0.15, 0.2) is 8.32 Å². The van der Waals surface area contributed by atoms with E-state index in [-0.39, 0.29) is 11.1 Å².